The molecule has 0 aliphatic rings. The van der Waals surface area contributed by atoms with Gasteiger partial charge in [-0.3, -0.25) is 9.55 Å². The van der Waals surface area contributed by atoms with E-state index in [0.29, 0.717) is 0 Å². The third kappa shape index (κ3) is 3.01. The predicted molar refractivity (Wildman–Crippen MR) is 148 cm³/mol. The van der Waals surface area contributed by atoms with Crippen molar-refractivity contribution in [3.63, 3.8) is 0 Å². The van der Waals surface area contributed by atoms with Crippen molar-refractivity contribution in [2.45, 2.75) is 26.7 Å². The molecular formula is C32H25N3O. The van der Waals surface area contributed by atoms with E-state index in [1.165, 1.54) is 0 Å². The van der Waals surface area contributed by atoms with E-state index in [2.05, 4.69) is 53.1 Å². The van der Waals surface area contributed by atoms with Gasteiger partial charge in [-0.1, -0.05) is 74.5 Å². The van der Waals surface area contributed by atoms with E-state index in [-0.39, 0.29) is 0 Å². The number of benzene rings is 4. The van der Waals surface area contributed by atoms with Gasteiger partial charge in [0.15, 0.2) is 0 Å². The average Bonchev–Trinajstić information content (AvgIpc) is 3.48. The van der Waals surface area contributed by atoms with Crippen LogP contribution in [0, 0.1) is 6.92 Å². The van der Waals surface area contributed by atoms with Crippen molar-refractivity contribution in [1.29, 1.82) is 0 Å². The number of furan rings is 1. The van der Waals surface area contributed by atoms with E-state index in [4.69, 9.17) is 15.8 Å². The van der Waals surface area contributed by atoms with Crippen LogP contribution in [0.25, 0.3) is 61.0 Å². The van der Waals surface area contributed by atoms with Gasteiger partial charge in [0.2, 0.25) is 0 Å². The van der Waals surface area contributed by atoms with Crippen molar-refractivity contribution < 1.29 is 5.79 Å². The monoisotopic (exact) mass is 468 g/mol. The summed E-state index contributed by atoms with van der Waals surface area (Å²) in [6.45, 7) is 5.81. The fourth-order valence-corrected chi connectivity index (χ4v) is 5.22. The number of rotatable bonds is 3. The molecule has 0 bridgehead atoms. The Bertz CT molecular complexity index is 1980. The van der Waals surface area contributed by atoms with Gasteiger partial charge in [0.1, 0.15) is 22.5 Å². The van der Waals surface area contributed by atoms with Crippen molar-refractivity contribution in [2.24, 2.45) is 0 Å². The second kappa shape index (κ2) is 7.79. The Hall–Kier alpha value is -4.44. The molecule has 3 aromatic heterocycles. The van der Waals surface area contributed by atoms with Crippen molar-refractivity contribution in [2.75, 3.05) is 0 Å². The normalized spacial score (nSPS) is 12.7. The van der Waals surface area contributed by atoms with Crippen molar-refractivity contribution in [3.05, 3.63) is 102 Å². The highest BCUT2D eigenvalue weighted by Crippen LogP contribution is 2.40. The summed E-state index contributed by atoms with van der Waals surface area (Å²) in [7, 11) is 0. The number of fused-ring (bicyclic) bond motifs is 6. The second-order valence-electron chi connectivity index (χ2n) is 9.51. The molecule has 4 heteroatoms. The summed E-state index contributed by atoms with van der Waals surface area (Å²) in [5.74, 6) is 0.108. The lowest BCUT2D eigenvalue weighted by atomic mass is 10.0. The molecule has 7 aromatic rings. The number of pyridine rings is 1. The van der Waals surface area contributed by atoms with E-state index in [9.17, 15) is 0 Å². The molecule has 0 atom stereocenters. The van der Waals surface area contributed by atoms with Gasteiger partial charge in [0, 0.05) is 23.2 Å². The molecule has 0 fully saturated rings. The lowest BCUT2D eigenvalue weighted by Gasteiger charge is -2.11. The molecule has 0 radical (unpaired) electrons. The number of imidazole rings is 1. The number of aromatic nitrogens is 3. The molecule has 0 aliphatic heterocycles. The minimum Gasteiger partial charge on any atom is -0.455 e. The minimum atomic E-state index is -0.705. The van der Waals surface area contributed by atoms with Crippen LogP contribution in [0.3, 0.4) is 0 Å². The highest BCUT2D eigenvalue weighted by atomic mass is 16.3. The first-order valence-electron chi connectivity index (χ1n) is 12.7. The summed E-state index contributed by atoms with van der Waals surface area (Å²) in [6.07, 6.45) is 0. The molecule has 0 unspecified atom stereocenters. The van der Waals surface area contributed by atoms with Crippen LogP contribution in [0.1, 0.15) is 32.4 Å². The number of hydrogen-bond donors (Lipinski definition) is 0. The van der Waals surface area contributed by atoms with Crippen LogP contribution in [0.5, 0.6) is 0 Å². The largest absolute Gasteiger partial charge is 0.455 e. The van der Waals surface area contributed by atoms with Crippen LogP contribution in [-0.2, 0) is 0 Å². The summed E-state index contributed by atoms with van der Waals surface area (Å²) in [5.41, 5.74) is 8.20. The first-order valence-corrected chi connectivity index (χ1v) is 12.2. The lowest BCUT2D eigenvalue weighted by Crippen LogP contribution is -1.98. The summed E-state index contributed by atoms with van der Waals surface area (Å²) in [4.78, 5) is 10.1. The van der Waals surface area contributed by atoms with Crippen molar-refractivity contribution in [3.8, 4) is 17.1 Å². The molecule has 0 amide bonds. The molecule has 0 saturated carbocycles. The molecule has 0 aliphatic carbocycles. The van der Waals surface area contributed by atoms with Gasteiger partial charge in [-0.05, 0) is 48.7 Å². The van der Waals surface area contributed by atoms with Crippen molar-refractivity contribution in [1.82, 2.24) is 14.5 Å². The van der Waals surface area contributed by atoms with Crippen LogP contribution in [0.2, 0.25) is 0 Å². The maximum absolute atomic E-state index is 8.47. The van der Waals surface area contributed by atoms with Crippen LogP contribution >= 0.6 is 0 Å². The number of para-hydroxylation sites is 3. The number of aryl methyl sites for hydroxylation is 1. The van der Waals surface area contributed by atoms with Gasteiger partial charge in [0.05, 0.1) is 22.3 Å². The van der Waals surface area contributed by atoms with E-state index in [1.54, 1.807) is 0 Å². The molecule has 0 saturated heterocycles. The Morgan fingerprint density at radius 1 is 0.806 bits per heavy atom. The van der Waals surface area contributed by atoms with E-state index in [1.807, 2.05) is 63.2 Å². The highest BCUT2D eigenvalue weighted by molar-refractivity contribution is 6.11. The smallest absolute Gasteiger partial charge is 0.149 e. The Balaban J connectivity index is 1.61. The first kappa shape index (κ1) is 19.8. The minimum absolute atomic E-state index is 0.705. The third-order valence-electron chi connectivity index (χ3n) is 7.00. The summed E-state index contributed by atoms with van der Waals surface area (Å²) < 4.78 is 17.2. The molecular weight excluding hydrogens is 442 g/mol. The van der Waals surface area contributed by atoms with Crippen LogP contribution in [-0.4, -0.2) is 14.5 Å². The molecule has 3 heterocycles. The van der Waals surface area contributed by atoms with Gasteiger partial charge in [-0.25, -0.2) is 4.98 Å². The molecule has 36 heavy (non-hydrogen) atoms. The number of nitrogens with zero attached hydrogens (tertiary/aromatic N) is 3. The molecule has 7 rings (SSSR count). The average molecular weight is 469 g/mol. The van der Waals surface area contributed by atoms with Crippen LogP contribution in [0.15, 0.2) is 95.4 Å². The quantitative estimate of drug-likeness (QED) is 0.261. The van der Waals surface area contributed by atoms with Crippen molar-refractivity contribution >= 4 is 43.9 Å². The van der Waals surface area contributed by atoms with E-state index < -0.39 is 5.89 Å². The molecule has 0 N–H and O–H groups in total. The summed E-state index contributed by atoms with van der Waals surface area (Å²) in [5, 5.41) is 3.13. The Kier molecular flexibility index (Phi) is 4.29. The fourth-order valence-electron chi connectivity index (χ4n) is 5.22. The van der Waals surface area contributed by atoms with Gasteiger partial charge in [-0.2, -0.15) is 0 Å². The standard InChI is InChI=1S/C32H25N3O/c1-19(2)21-16-17-23-24-13-9-14-26(31(24)36-28(23)18-21)32-34-29-20(3)33-27-15-8-7-12-25(27)30(29)35(32)22-10-5-4-6-11-22/h4-19H,1-3H3/i19D. The zero-order valence-electron chi connectivity index (χ0n) is 21.4. The highest BCUT2D eigenvalue weighted by Gasteiger charge is 2.22. The maximum Gasteiger partial charge on any atom is 0.149 e. The fraction of sp³-hybridized carbons (Fsp3) is 0.125. The summed E-state index contributed by atoms with van der Waals surface area (Å²) >= 11 is 0. The van der Waals surface area contributed by atoms with Gasteiger partial charge in [0.25, 0.3) is 0 Å². The molecule has 4 nitrogen and oxygen atoms in total. The SMILES string of the molecule is [2H]C(C)(C)c1ccc2c(c1)oc1c(-c3nc4c(C)nc5ccccc5c4n3-c3ccccc3)cccc12. The second-order valence-corrected chi connectivity index (χ2v) is 9.51. The van der Waals surface area contributed by atoms with E-state index >= 15 is 0 Å². The third-order valence-corrected chi connectivity index (χ3v) is 7.00. The summed E-state index contributed by atoms with van der Waals surface area (Å²) in [6, 6.07) is 30.9. The zero-order chi connectivity index (χ0) is 25.3. The van der Waals surface area contributed by atoms with Gasteiger partial charge < -0.3 is 4.42 Å². The Morgan fingerprint density at radius 3 is 2.42 bits per heavy atom. The molecule has 4 aromatic carbocycles. The predicted octanol–water partition coefficient (Wildman–Crippen LogP) is 8.57. The number of hydrogen-bond acceptors (Lipinski definition) is 3. The topological polar surface area (TPSA) is 43.9 Å². The van der Waals surface area contributed by atoms with Crippen LogP contribution in [0.4, 0.5) is 0 Å². The maximum atomic E-state index is 8.47. The lowest BCUT2D eigenvalue weighted by molar-refractivity contribution is 0.667. The van der Waals surface area contributed by atoms with Gasteiger partial charge >= 0.3 is 0 Å². The van der Waals surface area contributed by atoms with Crippen LogP contribution < -0.4 is 0 Å². The molecule has 0 spiro atoms. The molecule has 174 valence electrons. The Labute approximate surface area is 210 Å². The van der Waals surface area contributed by atoms with E-state index in [0.717, 1.165) is 72.2 Å². The van der Waals surface area contributed by atoms with Gasteiger partial charge in [-0.15, -0.1) is 0 Å². The zero-order valence-corrected chi connectivity index (χ0v) is 20.4. The Morgan fingerprint density at radius 2 is 1.58 bits per heavy atom. The first-order chi connectivity index (χ1) is 17.9.